The van der Waals surface area contributed by atoms with Gasteiger partial charge in [-0.05, 0) is 45.2 Å². The third-order valence-corrected chi connectivity index (χ3v) is 3.66. The fourth-order valence-electron chi connectivity index (χ4n) is 2.62. The van der Waals surface area contributed by atoms with Crippen molar-refractivity contribution in [3.05, 3.63) is 23.4 Å². The highest BCUT2D eigenvalue weighted by molar-refractivity contribution is 6.02. The molecule has 0 unspecified atom stereocenters. The van der Waals surface area contributed by atoms with Crippen molar-refractivity contribution in [3.63, 3.8) is 0 Å². The molecule has 1 aromatic rings. The molecule has 1 aromatic heterocycles. The van der Waals surface area contributed by atoms with Crippen molar-refractivity contribution in [2.24, 2.45) is 10.9 Å². The van der Waals surface area contributed by atoms with Crippen LogP contribution in [0.4, 0.5) is 5.82 Å². The molecular formula is C13H20N4O. The molecule has 2 rings (SSSR count). The lowest BCUT2D eigenvalue weighted by atomic mass is 10.0. The molecule has 18 heavy (non-hydrogen) atoms. The van der Waals surface area contributed by atoms with Crippen LogP contribution in [0.1, 0.15) is 37.8 Å². The molecule has 5 heteroatoms. The molecule has 5 nitrogen and oxygen atoms in total. The zero-order valence-corrected chi connectivity index (χ0v) is 11.1. The Kier molecular flexibility index (Phi) is 3.15. The van der Waals surface area contributed by atoms with Gasteiger partial charge < -0.3 is 15.8 Å². The molecule has 1 fully saturated rings. The van der Waals surface area contributed by atoms with Gasteiger partial charge in [-0.25, -0.2) is 4.98 Å². The number of aromatic nitrogens is 1. The smallest absolute Gasteiger partial charge is 0.174 e. The van der Waals surface area contributed by atoms with Crippen molar-refractivity contribution in [2.75, 3.05) is 11.4 Å². The van der Waals surface area contributed by atoms with Crippen molar-refractivity contribution >= 4 is 11.7 Å². The molecule has 1 saturated heterocycles. The number of anilines is 1. The molecule has 3 N–H and O–H groups in total. The molecular weight excluding hydrogens is 228 g/mol. The summed E-state index contributed by atoms with van der Waals surface area (Å²) >= 11 is 0. The van der Waals surface area contributed by atoms with E-state index in [2.05, 4.69) is 28.9 Å². The Bertz CT molecular complexity index is 482. The van der Waals surface area contributed by atoms with Crippen LogP contribution in [0, 0.1) is 6.92 Å². The number of aryl methyl sites for hydroxylation is 1. The fourth-order valence-corrected chi connectivity index (χ4v) is 2.62. The minimum atomic E-state index is 0.0608. The van der Waals surface area contributed by atoms with Gasteiger partial charge in [0.2, 0.25) is 0 Å². The van der Waals surface area contributed by atoms with Crippen LogP contribution < -0.4 is 10.6 Å². The molecule has 0 aromatic carbocycles. The van der Waals surface area contributed by atoms with Gasteiger partial charge in [0, 0.05) is 18.3 Å². The quantitative estimate of drug-likeness (QED) is 0.362. The van der Waals surface area contributed by atoms with E-state index in [9.17, 15) is 0 Å². The van der Waals surface area contributed by atoms with Gasteiger partial charge in [-0.1, -0.05) is 5.16 Å². The largest absolute Gasteiger partial charge is 0.409 e. The number of hydrogen-bond acceptors (Lipinski definition) is 4. The second-order valence-electron chi connectivity index (χ2n) is 5.38. The summed E-state index contributed by atoms with van der Waals surface area (Å²) in [5.74, 6) is 0.936. The number of hydrogen-bond donors (Lipinski definition) is 2. The van der Waals surface area contributed by atoms with Crippen LogP contribution in [-0.2, 0) is 0 Å². The molecule has 0 spiro atoms. The van der Waals surface area contributed by atoms with E-state index in [0.29, 0.717) is 0 Å². The Balaban J connectivity index is 2.55. The van der Waals surface area contributed by atoms with Gasteiger partial charge in [0.15, 0.2) is 5.84 Å². The molecule has 98 valence electrons. The number of nitrogens with two attached hydrogens (primary N) is 1. The number of oxime groups is 1. The predicted molar refractivity (Wildman–Crippen MR) is 72.1 cm³/mol. The summed E-state index contributed by atoms with van der Waals surface area (Å²) in [4.78, 5) is 6.68. The highest BCUT2D eigenvalue weighted by Crippen LogP contribution is 2.34. The summed E-state index contributed by atoms with van der Waals surface area (Å²) in [5, 5.41) is 12.1. The maximum Gasteiger partial charge on any atom is 0.174 e. The molecule has 0 radical (unpaired) electrons. The van der Waals surface area contributed by atoms with Gasteiger partial charge >= 0.3 is 0 Å². The highest BCUT2D eigenvalue weighted by Gasteiger charge is 2.34. The zero-order valence-electron chi connectivity index (χ0n) is 11.1. The van der Waals surface area contributed by atoms with Gasteiger partial charge in [-0.2, -0.15) is 0 Å². The predicted octanol–water partition coefficient (Wildman–Crippen LogP) is 1.86. The summed E-state index contributed by atoms with van der Waals surface area (Å²) in [6, 6.07) is 1.87. The first-order chi connectivity index (χ1) is 8.47. The van der Waals surface area contributed by atoms with E-state index < -0.39 is 0 Å². The number of nitrogens with zero attached hydrogens (tertiary/aromatic N) is 3. The summed E-state index contributed by atoms with van der Waals surface area (Å²) in [7, 11) is 0. The first-order valence-electron chi connectivity index (χ1n) is 6.18. The average molecular weight is 248 g/mol. The lowest BCUT2D eigenvalue weighted by Gasteiger charge is -2.34. The first kappa shape index (κ1) is 12.7. The first-order valence-corrected chi connectivity index (χ1v) is 6.18. The zero-order chi connectivity index (χ0) is 13.3. The third-order valence-electron chi connectivity index (χ3n) is 3.66. The normalized spacial score (nSPS) is 19.3. The topological polar surface area (TPSA) is 74.7 Å². The van der Waals surface area contributed by atoms with Crippen molar-refractivity contribution in [3.8, 4) is 0 Å². The fraction of sp³-hybridized carbons (Fsp3) is 0.538. The molecule has 0 saturated carbocycles. The van der Waals surface area contributed by atoms with E-state index >= 15 is 0 Å². The van der Waals surface area contributed by atoms with Crippen LogP contribution in [0.2, 0.25) is 0 Å². The summed E-state index contributed by atoms with van der Waals surface area (Å²) in [5.41, 5.74) is 7.55. The summed E-state index contributed by atoms with van der Waals surface area (Å²) in [6.07, 6.45) is 4.03. The van der Waals surface area contributed by atoms with Crippen molar-refractivity contribution in [1.29, 1.82) is 0 Å². The van der Waals surface area contributed by atoms with Gasteiger partial charge in [0.25, 0.3) is 0 Å². The monoisotopic (exact) mass is 248 g/mol. The van der Waals surface area contributed by atoms with Crippen LogP contribution in [0.15, 0.2) is 17.4 Å². The minimum Gasteiger partial charge on any atom is -0.409 e. The molecule has 0 bridgehead atoms. The summed E-state index contributed by atoms with van der Waals surface area (Å²) < 4.78 is 0. The lowest BCUT2D eigenvalue weighted by Crippen LogP contribution is -2.40. The highest BCUT2D eigenvalue weighted by atomic mass is 16.4. The number of pyridine rings is 1. The van der Waals surface area contributed by atoms with Gasteiger partial charge in [-0.3, -0.25) is 0 Å². The Morgan fingerprint density at radius 2 is 2.28 bits per heavy atom. The third kappa shape index (κ3) is 2.00. The number of rotatable bonds is 2. The number of amidine groups is 1. The van der Waals surface area contributed by atoms with E-state index in [1.807, 2.05) is 13.0 Å². The van der Waals surface area contributed by atoms with Crippen molar-refractivity contribution < 1.29 is 5.21 Å². The molecule has 2 heterocycles. The van der Waals surface area contributed by atoms with Crippen LogP contribution in [0.25, 0.3) is 0 Å². The molecule has 0 atom stereocenters. The minimum absolute atomic E-state index is 0.0608. The Morgan fingerprint density at radius 3 is 2.83 bits per heavy atom. The van der Waals surface area contributed by atoms with E-state index in [1.54, 1.807) is 6.20 Å². The Morgan fingerprint density at radius 1 is 1.56 bits per heavy atom. The van der Waals surface area contributed by atoms with Gasteiger partial charge in [0.1, 0.15) is 5.82 Å². The Labute approximate surface area is 107 Å². The molecule has 0 aliphatic carbocycles. The summed E-state index contributed by atoms with van der Waals surface area (Å²) in [6.45, 7) is 7.29. The maximum absolute atomic E-state index is 8.93. The van der Waals surface area contributed by atoms with Crippen LogP contribution in [0.3, 0.4) is 0 Å². The van der Waals surface area contributed by atoms with Gasteiger partial charge in [-0.15, -0.1) is 0 Å². The van der Waals surface area contributed by atoms with Crippen molar-refractivity contribution in [2.45, 2.75) is 39.2 Å². The van der Waals surface area contributed by atoms with E-state index in [4.69, 9.17) is 10.9 Å². The Hall–Kier alpha value is -1.78. The van der Waals surface area contributed by atoms with E-state index in [-0.39, 0.29) is 11.4 Å². The van der Waals surface area contributed by atoms with E-state index in [0.717, 1.165) is 36.3 Å². The van der Waals surface area contributed by atoms with E-state index in [1.165, 1.54) is 0 Å². The van der Waals surface area contributed by atoms with Crippen LogP contribution >= 0.6 is 0 Å². The molecule has 1 aliphatic heterocycles. The average Bonchev–Trinajstić information content (AvgIpc) is 2.67. The standard InChI is InChI=1S/C13H20N4O/c1-9-5-7-15-12(10(9)11(14)16-18)17-8-4-6-13(17,2)3/h5,7,18H,4,6,8H2,1-3H3,(H2,14,16). The van der Waals surface area contributed by atoms with Crippen LogP contribution in [0.5, 0.6) is 0 Å². The lowest BCUT2D eigenvalue weighted by molar-refractivity contribution is 0.318. The van der Waals surface area contributed by atoms with Crippen molar-refractivity contribution in [1.82, 2.24) is 4.98 Å². The molecule has 1 aliphatic rings. The second-order valence-corrected chi connectivity index (χ2v) is 5.38. The van der Waals surface area contributed by atoms with Crippen LogP contribution in [-0.4, -0.2) is 28.1 Å². The van der Waals surface area contributed by atoms with Gasteiger partial charge in [0.05, 0.1) is 5.56 Å². The SMILES string of the molecule is Cc1ccnc(N2CCCC2(C)C)c1/C(N)=N/O. The maximum atomic E-state index is 8.93. The molecule has 0 amide bonds. The second kappa shape index (κ2) is 4.48.